The normalized spacial score (nSPS) is 12.4. The highest BCUT2D eigenvalue weighted by Gasteiger charge is 2.33. The summed E-state index contributed by atoms with van der Waals surface area (Å²) in [6.07, 6.45) is 0. The molecular weight excluding hydrogens is 585 g/mol. The van der Waals surface area contributed by atoms with Crippen LogP contribution in [0.5, 0.6) is 5.75 Å². The molecule has 1 atom stereocenters. The van der Waals surface area contributed by atoms with Gasteiger partial charge in [-0.1, -0.05) is 53.0 Å². The number of nitrogens with one attached hydrogen (secondary N) is 1. The van der Waals surface area contributed by atoms with Gasteiger partial charge in [-0.2, -0.15) is 0 Å². The van der Waals surface area contributed by atoms with Gasteiger partial charge in [0.1, 0.15) is 18.3 Å². The molecule has 0 aliphatic rings. The largest absolute Gasteiger partial charge is 0.495 e. The van der Waals surface area contributed by atoms with E-state index in [9.17, 15) is 18.0 Å². The molecule has 1 N–H and O–H groups in total. The molecule has 2 amide bonds. The second kappa shape index (κ2) is 13.1. The van der Waals surface area contributed by atoms with E-state index in [1.165, 1.54) is 42.3 Å². The SMILES string of the molecule is COc1ccc(N(CC(=O)N(Cc2ccc(Cl)cc2)[C@H](C)C(=O)NC(C)(C)C)S(=O)(=O)c2ccc(C)cc2)cc1Cl. The van der Waals surface area contributed by atoms with Crippen LogP contribution < -0.4 is 14.4 Å². The predicted octanol–water partition coefficient (Wildman–Crippen LogP) is 5.84. The third kappa shape index (κ3) is 8.38. The molecule has 220 valence electrons. The third-order valence-electron chi connectivity index (χ3n) is 6.24. The molecule has 0 aromatic heterocycles. The van der Waals surface area contributed by atoms with Crippen LogP contribution in [0.25, 0.3) is 0 Å². The minimum absolute atomic E-state index is 0.00520. The lowest BCUT2D eigenvalue weighted by molar-refractivity contribution is -0.140. The van der Waals surface area contributed by atoms with E-state index >= 15 is 0 Å². The molecule has 0 spiro atoms. The Morgan fingerprint density at radius 3 is 2.12 bits per heavy atom. The molecule has 0 unspecified atom stereocenters. The molecule has 0 radical (unpaired) electrons. The van der Waals surface area contributed by atoms with Gasteiger partial charge in [0.2, 0.25) is 11.8 Å². The Morgan fingerprint density at radius 1 is 0.976 bits per heavy atom. The van der Waals surface area contributed by atoms with Crippen molar-refractivity contribution in [1.82, 2.24) is 10.2 Å². The van der Waals surface area contributed by atoms with Crippen molar-refractivity contribution in [3.8, 4) is 5.75 Å². The van der Waals surface area contributed by atoms with Crippen LogP contribution in [0, 0.1) is 6.92 Å². The molecule has 3 rings (SSSR count). The van der Waals surface area contributed by atoms with Crippen LogP contribution in [0.1, 0.15) is 38.8 Å². The maximum absolute atomic E-state index is 14.0. The van der Waals surface area contributed by atoms with Gasteiger partial charge in [-0.05, 0) is 82.6 Å². The molecule has 0 saturated carbocycles. The summed E-state index contributed by atoms with van der Waals surface area (Å²) in [7, 11) is -2.77. The quantitative estimate of drug-likeness (QED) is 0.308. The summed E-state index contributed by atoms with van der Waals surface area (Å²) in [5.74, 6) is -0.606. The number of hydrogen-bond acceptors (Lipinski definition) is 5. The van der Waals surface area contributed by atoms with Gasteiger partial charge in [-0.3, -0.25) is 13.9 Å². The average Bonchev–Trinajstić information content (AvgIpc) is 2.90. The Bertz CT molecular complexity index is 1490. The zero-order chi connectivity index (χ0) is 30.5. The number of hydrogen-bond donors (Lipinski definition) is 1. The molecule has 0 heterocycles. The maximum Gasteiger partial charge on any atom is 0.264 e. The van der Waals surface area contributed by atoms with E-state index in [4.69, 9.17) is 27.9 Å². The zero-order valence-electron chi connectivity index (χ0n) is 23.9. The van der Waals surface area contributed by atoms with Gasteiger partial charge in [0, 0.05) is 17.1 Å². The number of methoxy groups -OCH3 is 1. The smallest absolute Gasteiger partial charge is 0.264 e. The van der Waals surface area contributed by atoms with Crippen LogP contribution in [0.15, 0.2) is 71.6 Å². The van der Waals surface area contributed by atoms with Crippen molar-refractivity contribution in [3.05, 3.63) is 87.9 Å². The van der Waals surface area contributed by atoms with Gasteiger partial charge in [-0.15, -0.1) is 0 Å². The van der Waals surface area contributed by atoms with Crippen LogP contribution in [-0.2, 0) is 26.2 Å². The molecule has 3 aromatic carbocycles. The highest BCUT2D eigenvalue weighted by atomic mass is 35.5. The molecule has 3 aromatic rings. The Kier molecular flexibility index (Phi) is 10.3. The first-order chi connectivity index (χ1) is 19.1. The Morgan fingerprint density at radius 2 is 1.59 bits per heavy atom. The first-order valence-corrected chi connectivity index (χ1v) is 15.1. The first kappa shape index (κ1) is 32.2. The van der Waals surface area contributed by atoms with E-state index in [0.717, 1.165) is 15.4 Å². The summed E-state index contributed by atoms with van der Waals surface area (Å²) < 4.78 is 34.1. The summed E-state index contributed by atoms with van der Waals surface area (Å²) in [4.78, 5) is 28.5. The van der Waals surface area contributed by atoms with Crippen molar-refractivity contribution in [3.63, 3.8) is 0 Å². The van der Waals surface area contributed by atoms with Crippen molar-refractivity contribution >= 4 is 50.7 Å². The number of carbonyl (C=O) groups excluding carboxylic acids is 2. The molecule has 11 heteroatoms. The molecule has 0 fully saturated rings. The van der Waals surface area contributed by atoms with E-state index in [1.807, 2.05) is 27.7 Å². The van der Waals surface area contributed by atoms with Crippen LogP contribution in [0.4, 0.5) is 5.69 Å². The van der Waals surface area contributed by atoms with Crippen molar-refractivity contribution in [2.75, 3.05) is 18.0 Å². The van der Waals surface area contributed by atoms with E-state index in [-0.39, 0.29) is 28.1 Å². The number of sulfonamides is 1. The number of rotatable bonds is 10. The molecular formula is C30H35Cl2N3O5S. The molecule has 0 aliphatic heterocycles. The summed E-state index contributed by atoms with van der Waals surface area (Å²) in [6, 6.07) is 16.8. The lowest BCUT2D eigenvalue weighted by atomic mass is 10.1. The highest BCUT2D eigenvalue weighted by molar-refractivity contribution is 7.92. The number of halogens is 2. The predicted molar refractivity (Wildman–Crippen MR) is 163 cm³/mol. The second-order valence-corrected chi connectivity index (χ2v) is 13.4. The van der Waals surface area contributed by atoms with Crippen LogP contribution >= 0.6 is 23.2 Å². The Labute approximate surface area is 252 Å². The Balaban J connectivity index is 2.07. The topological polar surface area (TPSA) is 96.0 Å². The number of anilines is 1. The van der Waals surface area contributed by atoms with E-state index in [2.05, 4.69) is 5.32 Å². The summed E-state index contributed by atoms with van der Waals surface area (Å²) in [5, 5.41) is 3.60. The van der Waals surface area contributed by atoms with Crippen LogP contribution in [-0.4, -0.2) is 50.4 Å². The summed E-state index contributed by atoms with van der Waals surface area (Å²) >= 11 is 12.4. The molecule has 0 saturated heterocycles. The Hall–Kier alpha value is -3.27. The second-order valence-electron chi connectivity index (χ2n) is 10.7. The van der Waals surface area contributed by atoms with Gasteiger partial charge >= 0.3 is 0 Å². The zero-order valence-corrected chi connectivity index (χ0v) is 26.3. The monoisotopic (exact) mass is 619 g/mol. The minimum Gasteiger partial charge on any atom is -0.495 e. The van der Waals surface area contributed by atoms with Crippen molar-refractivity contribution in [1.29, 1.82) is 0 Å². The number of nitrogens with zero attached hydrogens (tertiary/aromatic N) is 2. The maximum atomic E-state index is 14.0. The first-order valence-electron chi connectivity index (χ1n) is 12.9. The fraction of sp³-hybridized carbons (Fsp3) is 0.333. The number of amides is 2. The molecule has 0 bridgehead atoms. The van der Waals surface area contributed by atoms with Crippen molar-refractivity contribution in [2.45, 2.75) is 57.6 Å². The minimum atomic E-state index is -4.22. The van der Waals surface area contributed by atoms with Crippen LogP contribution in [0.2, 0.25) is 10.0 Å². The summed E-state index contributed by atoms with van der Waals surface area (Å²) in [6.45, 7) is 8.44. The number of carbonyl (C=O) groups is 2. The van der Waals surface area contributed by atoms with Gasteiger partial charge < -0.3 is 15.0 Å². The van der Waals surface area contributed by atoms with Gasteiger partial charge in [0.25, 0.3) is 10.0 Å². The van der Waals surface area contributed by atoms with Crippen LogP contribution in [0.3, 0.4) is 0 Å². The molecule has 8 nitrogen and oxygen atoms in total. The van der Waals surface area contributed by atoms with Crippen molar-refractivity contribution < 1.29 is 22.7 Å². The van der Waals surface area contributed by atoms with Gasteiger partial charge in [-0.25, -0.2) is 8.42 Å². The highest BCUT2D eigenvalue weighted by Crippen LogP contribution is 2.32. The molecule has 0 aliphatic carbocycles. The van der Waals surface area contributed by atoms with E-state index in [0.29, 0.717) is 10.8 Å². The number of benzene rings is 3. The number of aryl methyl sites for hydroxylation is 1. The average molecular weight is 621 g/mol. The third-order valence-corrected chi connectivity index (χ3v) is 8.58. The fourth-order valence-electron chi connectivity index (χ4n) is 4.02. The van der Waals surface area contributed by atoms with Gasteiger partial charge in [0.15, 0.2) is 0 Å². The van der Waals surface area contributed by atoms with E-state index in [1.54, 1.807) is 43.3 Å². The lowest BCUT2D eigenvalue weighted by Gasteiger charge is -2.33. The van der Waals surface area contributed by atoms with Gasteiger partial charge in [0.05, 0.1) is 22.7 Å². The van der Waals surface area contributed by atoms with Crippen molar-refractivity contribution in [2.24, 2.45) is 0 Å². The standard InChI is InChI=1S/C30H35Cl2N3O5S/c1-20-7-14-25(15-8-20)41(38,39)35(24-13-16-27(40-6)26(32)17-24)19-28(36)34(18-22-9-11-23(31)12-10-22)21(2)29(37)33-30(3,4)5/h7-17,21H,18-19H2,1-6H3,(H,33,37)/t21-/m1/s1. The lowest BCUT2D eigenvalue weighted by Crippen LogP contribution is -2.54. The summed E-state index contributed by atoms with van der Waals surface area (Å²) in [5.41, 5.74) is 1.23. The number of ether oxygens (including phenoxy) is 1. The van der Waals surface area contributed by atoms with E-state index < -0.39 is 34.1 Å². The molecule has 41 heavy (non-hydrogen) atoms. The fourth-order valence-corrected chi connectivity index (χ4v) is 5.80.